The van der Waals surface area contributed by atoms with Crippen LogP contribution in [0.3, 0.4) is 0 Å². The highest BCUT2D eigenvalue weighted by Crippen LogP contribution is 2.42. The molecule has 3 saturated heterocycles. The molecule has 2 N–H and O–H groups in total. The Morgan fingerprint density at radius 1 is 0.912 bits per heavy atom. The Hall–Kier alpha value is -5.51. The molecular formula is C52H59ClN6O7S2. The zero-order valence-corrected chi connectivity index (χ0v) is 41.2. The average Bonchev–Trinajstić information content (AvgIpc) is 4.00. The maximum absolute atomic E-state index is 13.2. The highest BCUT2D eigenvalue weighted by atomic mass is 35.5. The molecule has 13 nitrogen and oxygen atoms in total. The van der Waals surface area contributed by atoms with E-state index in [1.54, 1.807) is 6.20 Å². The number of aryl methyl sites for hydroxylation is 2. The number of hydrogen-bond acceptors (Lipinski definition) is 12. The van der Waals surface area contributed by atoms with Crippen molar-refractivity contribution in [1.29, 1.82) is 0 Å². The number of likely N-dealkylation sites (tertiary alicyclic amines) is 2. The van der Waals surface area contributed by atoms with Gasteiger partial charge in [0, 0.05) is 91.1 Å². The van der Waals surface area contributed by atoms with Gasteiger partial charge in [0.05, 0.1) is 28.6 Å². The lowest BCUT2D eigenvalue weighted by atomic mass is 10.0. The summed E-state index contributed by atoms with van der Waals surface area (Å²) in [5.41, 5.74) is 6.68. The summed E-state index contributed by atoms with van der Waals surface area (Å²) in [6.07, 6.45) is 12.7. The number of nitrogens with zero attached hydrogens (tertiary/aromatic N) is 4. The van der Waals surface area contributed by atoms with E-state index in [4.69, 9.17) is 26.1 Å². The van der Waals surface area contributed by atoms with Gasteiger partial charge in [-0.15, -0.1) is 11.3 Å². The molecule has 3 aliphatic heterocycles. The summed E-state index contributed by atoms with van der Waals surface area (Å²) in [7, 11) is 0. The number of rotatable bonds is 22. The molecule has 0 radical (unpaired) electrons. The van der Waals surface area contributed by atoms with Gasteiger partial charge in [-0.3, -0.25) is 39.2 Å². The number of imide groups is 2. The number of thioether (sulfide) groups is 1. The van der Waals surface area contributed by atoms with Crippen LogP contribution in [0.5, 0.6) is 11.5 Å². The van der Waals surface area contributed by atoms with Crippen LogP contribution >= 0.6 is 34.7 Å². The number of aromatic nitrogens is 2. The fourth-order valence-electron chi connectivity index (χ4n) is 9.02. The molecule has 358 valence electrons. The van der Waals surface area contributed by atoms with Crippen molar-refractivity contribution in [3.63, 3.8) is 0 Å². The van der Waals surface area contributed by atoms with E-state index >= 15 is 0 Å². The number of fused-ring (bicyclic) bond motifs is 1. The lowest BCUT2D eigenvalue weighted by Gasteiger charge is -2.33. The minimum Gasteiger partial charge on any atom is -0.493 e. The highest BCUT2D eigenvalue weighted by molar-refractivity contribution is 8.15. The summed E-state index contributed by atoms with van der Waals surface area (Å²) >= 11 is 9.19. The number of pyridine rings is 2. The van der Waals surface area contributed by atoms with Crippen molar-refractivity contribution < 1.29 is 33.4 Å². The van der Waals surface area contributed by atoms with Crippen LogP contribution in [0.4, 0.5) is 10.6 Å². The number of benzene rings is 2. The predicted octanol–water partition coefficient (Wildman–Crippen LogP) is 10.3. The van der Waals surface area contributed by atoms with Gasteiger partial charge in [-0.1, -0.05) is 74.2 Å². The maximum atomic E-state index is 13.2. The molecule has 8 rings (SSSR count). The molecule has 16 heteroatoms. The molecule has 3 fully saturated rings. The van der Waals surface area contributed by atoms with Gasteiger partial charge < -0.3 is 19.7 Å². The first-order valence-corrected chi connectivity index (χ1v) is 26.0. The average molecular weight is 980 g/mol. The van der Waals surface area contributed by atoms with E-state index in [-0.39, 0.29) is 59.6 Å². The molecule has 3 aromatic heterocycles. The fourth-order valence-corrected chi connectivity index (χ4v) is 11.3. The van der Waals surface area contributed by atoms with Crippen LogP contribution in [0.1, 0.15) is 105 Å². The molecule has 0 saturated carbocycles. The van der Waals surface area contributed by atoms with Crippen molar-refractivity contribution in [3.05, 3.63) is 99.1 Å². The minimum absolute atomic E-state index is 0.0460. The van der Waals surface area contributed by atoms with E-state index in [0.717, 1.165) is 136 Å². The summed E-state index contributed by atoms with van der Waals surface area (Å²) in [6, 6.07) is 19.6. The summed E-state index contributed by atoms with van der Waals surface area (Å²) in [5, 5.41) is 5.84. The zero-order chi connectivity index (χ0) is 47.6. The third-order valence-corrected chi connectivity index (χ3v) is 15.1. The molecule has 5 amide bonds. The SMILES string of the molecule is CCc1ccc(CCOc2ccc(CC3SC(=O)NC3=O)cc2)nc1NCCCCCCCCC(=O)N1CCC(Oc2c(C)cc(Cl)cc2-c2ccnc3cc(CN4C(=O)CCC4=O)sc23)CC1. The van der Waals surface area contributed by atoms with E-state index in [1.807, 2.05) is 60.4 Å². The van der Waals surface area contributed by atoms with Gasteiger partial charge in [0.15, 0.2) is 0 Å². The number of thiophene rings is 1. The van der Waals surface area contributed by atoms with Crippen molar-refractivity contribution in [2.45, 2.75) is 122 Å². The number of ether oxygens (including phenoxy) is 2. The molecule has 6 heterocycles. The summed E-state index contributed by atoms with van der Waals surface area (Å²) in [4.78, 5) is 75.0. The van der Waals surface area contributed by atoms with Crippen LogP contribution in [0.25, 0.3) is 21.3 Å². The lowest BCUT2D eigenvalue weighted by Crippen LogP contribution is -2.41. The van der Waals surface area contributed by atoms with Crippen LogP contribution in [0, 0.1) is 6.92 Å². The van der Waals surface area contributed by atoms with Crippen molar-refractivity contribution >= 4 is 79.6 Å². The first-order chi connectivity index (χ1) is 33.0. The fraction of sp³-hybridized carbons (Fsp3) is 0.442. The topological polar surface area (TPSA) is 160 Å². The Morgan fingerprint density at radius 2 is 1.66 bits per heavy atom. The van der Waals surface area contributed by atoms with Gasteiger partial charge in [0.25, 0.3) is 5.24 Å². The second kappa shape index (κ2) is 23.2. The number of piperidine rings is 1. The second-order valence-electron chi connectivity index (χ2n) is 17.7. The third-order valence-electron chi connectivity index (χ3n) is 12.8. The van der Waals surface area contributed by atoms with E-state index in [1.165, 1.54) is 21.8 Å². The van der Waals surface area contributed by atoms with Crippen LogP contribution in [-0.4, -0.2) is 86.2 Å². The van der Waals surface area contributed by atoms with Gasteiger partial charge in [0.2, 0.25) is 23.6 Å². The number of anilines is 1. The lowest BCUT2D eigenvalue weighted by molar-refractivity contribution is -0.139. The van der Waals surface area contributed by atoms with Crippen LogP contribution in [0.2, 0.25) is 5.02 Å². The van der Waals surface area contributed by atoms with Crippen molar-refractivity contribution in [1.82, 2.24) is 25.1 Å². The number of nitrogens with one attached hydrogen (secondary N) is 2. The highest BCUT2D eigenvalue weighted by Gasteiger charge is 2.32. The van der Waals surface area contributed by atoms with Gasteiger partial charge >= 0.3 is 0 Å². The number of carbonyl (C=O) groups is 5. The summed E-state index contributed by atoms with van der Waals surface area (Å²) < 4.78 is 13.7. The van der Waals surface area contributed by atoms with Crippen molar-refractivity contribution in [2.75, 3.05) is 31.6 Å². The zero-order valence-electron chi connectivity index (χ0n) is 38.8. The Balaban J connectivity index is 0.715. The van der Waals surface area contributed by atoms with Gasteiger partial charge in [-0.25, -0.2) is 4.98 Å². The van der Waals surface area contributed by atoms with Crippen molar-refractivity contribution in [3.8, 4) is 22.6 Å². The Morgan fingerprint density at radius 3 is 2.40 bits per heavy atom. The van der Waals surface area contributed by atoms with E-state index < -0.39 is 0 Å². The first kappa shape index (κ1) is 48.9. The molecule has 5 aromatic rings. The molecule has 2 aromatic carbocycles. The Kier molecular flexibility index (Phi) is 16.7. The van der Waals surface area contributed by atoms with E-state index in [0.29, 0.717) is 44.0 Å². The van der Waals surface area contributed by atoms with Crippen LogP contribution < -0.4 is 20.1 Å². The van der Waals surface area contributed by atoms with Crippen molar-refractivity contribution in [2.24, 2.45) is 0 Å². The van der Waals surface area contributed by atoms with Crippen LogP contribution in [-0.2, 0) is 45.0 Å². The van der Waals surface area contributed by atoms with Gasteiger partial charge in [-0.05, 0) is 91.8 Å². The number of carbonyl (C=O) groups excluding carboxylic acids is 5. The number of amides is 5. The maximum Gasteiger partial charge on any atom is 0.286 e. The Bertz CT molecular complexity index is 2620. The predicted molar refractivity (Wildman–Crippen MR) is 269 cm³/mol. The number of unbranched alkanes of at least 4 members (excludes halogenated alkanes) is 5. The quantitative estimate of drug-likeness (QED) is 0.0502. The molecule has 1 unspecified atom stereocenters. The van der Waals surface area contributed by atoms with Gasteiger partial charge in [0.1, 0.15) is 23.4 Å². The normalized spacial score (nSPS) is 16.5. The molecule has 68 heavy (non-hydrogen) atoms. The minimum atomic E-state index is -0.384. The molecule has 0 bridgehead atoms. The largest absolute Gasteiger partial charge is 0.493 e. The number of hydrogen-bond donors (Lipinski definition) is 2. The van der Waals surface area contributed by atoms with E-state index in [2.05, 4.69) is 34.7 Å². The smallest absolute Gasteiger partial charge is 0.286 e. The monoisotopic (exact) mass is 978 g/mol. The third kappa shape index (κ3) is 12.6. The molecule has 0 aliphatic carbocycles. The molecular weight excluding hydrogens is 920 g/mol. The van der Waals surface area contributed by atoms with Crippen LogP contribution in [0.15, 0.2) is 66.9 Å². The number of halogens is 1. The van der Waals surface area contributed by atoms with Gasteiger partial charge in [-0.2, -0.15) is 0 Å². The molecule has 1 atom stereocenters. The second-order valence-corrected chi connectivity index (χ2v) is 20.5. The Labute approximate surface area is 411 Å². The van der Waals surface area contributed by atoms with E-state index in [9.17, 15) is 24.0 Å². The first-order valence-electron chi connectivity index (χ1n) is 23.9. The molecule has 3 aliphatic rings. The summed E-state index contributed by atoms with van der Waals surface area (Å²) in [5.74, 6) is 2.17. The molecule has 0 spiro atoms. The standard InChI is InChI=1S/C52H59ClN6O7S2/c1-3-35-13-14-37(22-27-65-38-15-11-34(12-16-38)29-44-51(63)57-52(64)68-44)56-50(35)55-23-9-7-5-4-6-8-10-45(60)58-25-20-39(21-26-58)66-48-33(2)28-36(53)30-42(48)41-19-24-54-43-31-40(67-49(41)43)32-59-46(61)17-18-47(59)62/h11-16,19,24,28,30-31,39,44H,3-10,17-18,20-23,25-27,29,32H2,1-2H3,(H,55,56)(H,57,63,64). The summed E-state index contributed by atoms with van der Waals surface area (Å²) in [6.45, 7) is 7.06.